The summed E-state index contributed by atoms with van der Waals surface area (Å²) >= 11 is 5.65. The largest absolute Gasteiger partial charge is 0.287 e. The van der Waals surface area contributed by atoms with Gasteiger partial charge in [0, 0.05) is 12.0 Å². The standard InChI is InChI=1S/C9H8ClFNO2/c1-6(5-11)7-2-3-9(12(13)14)8(10)4-7/h2-4H,5H2,1H3. The summed E-state index contributed by atoms with van der Waals surface area (Å²) in [4.78, 5) is 9.84. The molecule has 14 heavy (non-hydrogen) atoms. The first-order valence-corrected chi connectivity index (χ1v) is 4.26. The van der Waals surface area contributed by atoms with Crippen molar-refractivity contribution in [2.45, 2.75) is 6.92 Å². The highest BCUT2D eigenvalue weighted by Gasteiger charge is 2.14. The molecule has 0 aliphatic carbocycles. The Balaban J connectivity index is 3.06. The zero-order valence-corrected chi connectivity index (χ0v) is 8.21. The predicted octanol–water partition coefficient (Wildman–Crippen LogP) is 3.16. The maximum absolute atomic E-state index is 12.2. The van der Waals surface area contributed by atoms with Crippen LogP contribution in [-0.2, 0) is 0 Å². The summed E-state index contributed by atoms with van der Waals surface area (Å²) in [6.07, 6.45) is 0. The summed E-state index contributed by atoms with van der Waals surface area (Å²) in [5, 5.41) is 10.4. The van der Waals surface area contributed by atoms with Crippen LogP contribution in [0.15, 0.2) is 18.2 Å². The topological polar surface area (TPSA) is 43.1 Å². The van der Waals surface area contributed by atoms with Crippen molar-refractivity contribution in [1.82, 2.24) is 0 Å². The predicted molar refractivity (Wildman–Crippen MR) is 52.1 cm³/mol. The summed E-state index contributed by atoms with van der Waals surface area (Å²) in [5.74, 6) is 0.502. The molecule has 1 radical (unpaired) electrons. The minimum Gasteiger partial charge on any atom is -0.258 e. The summed E-state index contributed by atoms with van der Waals surface area (Å²) in [5.41, 5.74) is 0.421. The first-order chi connectivity index (χ1) is 6.56. The highest BCUT2D eigenvalue weighted by atomic mass is 35.5. The molecule has 1 aromatic carbocycles. The third-order valence-corrected chi connectivity index (χ3v) is 2.14. The normalized spacial score (nSPS) is 10.6. The van der Waals surface area contributed by atoms with E-state index in [2.05, 4.69) is 0 Å². The van der Waals surface area contributed by atoms with Crippen LogP contribution in [-0.4, -0.2) is 11.6 Å². The number of rotatable bonds is 3. The molecule has 0 heterocycles. The van der Waals surface area contributed by atoms with Crippen LogP contribution in [0.3, 0.4) is 0 Å². The van der Waals surface area contributed by atoms with E-state index in [1.54, 1.807) is 6.92 Å². The van der Waals surface area contributed by atoms with Gasteiger partial charge in [0.15, 0.2) is 0 Å². The highest BCUT2D eigenvalue weighted by molar-refractivity contribution is 6.32. The summed E-state index contributed by atoms with van der Waals surface area (Å²) in [6.45, 7) is 1.02. The van der Waals surface area contributed by atoms with Gasteiger partial charge in [-0.2, -0.15) is 0 Å². The van der Waals surface area contributed by atoms with Crippen molar-refractivity contribution in [3.05, 3.63) is 44.8 Å². The lowest BCUT2D eigenvalue weighted by molar-refractivity contribution is -0.384. The molecule has 3 nitrogen and oxygen atoms in total. The van der Waals surface area contributed by atoms with Crippen LogP contribution in [0.25, 0.3) is 0 Å². The maximum Gasteiger partial charge on any atom is 0.287 e. The first-order valence-electron chi connectivity index (χ1n) is 3.89. The van der Waals surface area contributed by atoms with Crippen molar-refractivity contribution in [1.29, 1.82) is 0 Å². The maximum atomic E-state index is 12.2. The van der Waals surface area contributed by atoms with E-state index in [0.717, 1.165) is 0 Å². The van der Waals surface area contributed by atoms with Crippen LogP contribution in [0.5, 0.6) is 0 Å². The van der Waals surface area contributed by atoms with E-state index in [0.29, 0.717) is 11.5 Å². The number of nitro groups is 1. The summed E-state index contributed by atoms with van der Waals surface area (Å²) in [7, 11) is 0. The highest BCUT2D eigenvalue weighted by Crippen LogP contribution is 2.27. The Bertz CT molecular complexity index is 357. The number of hydrogen-bond donors (Lipinski definition) is 0. The van der Waals surface area contributed by atoms with Gasteiger partial charge in [-0.1, -0.05) is 24.6 Å². The SMILES string of the molecule is C[C](CF)c1ccc([N+](=O)[O-])c(Cl)c1. The second kappa shape index (κ2) is 4.37. The van der Waals surface area contributed by atoms with Gasteiger partial charge in [0.25, 0.3) is 5.69 Å². The molecular formula is C9H8ClFNO2. The molecule has 0 N–H and O–H groups in total. The first kappa shape index (κ1) is 10.9. The molecular weight excluding hydrogens is 209 g/mol. The molecule has 0 amide bonds. The Kier molecular flexibility index (Phi) is 3.41. The van der Waals surface area contributed by atoms with Crippen molar-refractivity contribution in [3.63, 3.8) is 0 Å². The molecule has 0 saturated heterocycles. The van der Waals surface area contributed by atoms with Gasteiger partial charge in [-0.15, -0.1) is 0 Å². The van der Waals surface area contributed by atoms with Crippen LogP contribution < -0.4 is 0 Å². The average molecular weight is 217 g/mol. The fourth-order valence-electron chi connectivity index (χ4n) is 0.998. The minimum absolute atomic E-state index is 0.0281. The van der Waals surface area contributed by atoms with Crippen molar-refractivity contribution in [2.75, 3.05) is 6.67 Å². The lowest BCUT2D eigenvalue weighted by Crippen LogP contribution is -1.97. The van der Waals surface area contributed by atoms with E-state index in [4.69, 9.17) is 11.6 Å². The molecule has 0 spiro atoms. The molecule has 0 saturated carbocycles. The van der Waals surface area contributed by atoms with E-state index >= 15 is 0 Å². The lowest BCUT2D eigenvalue weighted by atomic mass is 10.0. The molecule has 0 bridgehead atoms. The number of hydrogen-bond acceptors (Lipinski definition) is 2. The molecule has 0 fully saturated rings. The van der Waals surface area contributed by atoms with Gasteiger partial charge in [0.05, 0.1) is 11.6 Å². The molecule has 0 unspecified atom stereocenters. The van der Waals surface area contributed by atoms with Gasteiger partial charge in [-0.3, -0.25) is 14.5 Å². The third kappa shape index (κ3) is 2.20. The van der Waals surface area contributed by atoms with E-state index in [1.807, 2.05) is 0 Å². The Morgan fingerprint density at radius 1 is 1.64 bits per heavy atom. The molecule has 75 valence electrons. The molecule has 0 atom stereocenters. The Labute approximate surface area is 85.6 Å². The molecule has 1 aromatic rings. The molecule has 1 rings (SSSR count). The van der Waals surface area contributed by atoms with Gasteiger partial charge < -0.3 is 0 Å². The van der Waals surface area contributed by atoms with E-state index in [-0.39, 0.29) is 10.7 Å². The summed E-state index contributed by atoms with van der Waals surface area (Å²) < 4.78 is 12.2. The number of nitro benzene ring substituents is 1. The Morgan fingerprint density at radius 2 is 2.29 bits per heavy atom. The van der Waals surface area contributed by atoms with Crippen molar-refractivity contribution in [2.24, 2.45) is 0 Å². The fraction of sp³-hybridized carbons (Fsp3) is 0.222. The van der Waals surface area contributed by atoms with Crippen LogP contribution >= 0.6 is 11.6 Å². The number of alkyl halides is 1. The van der Waals surface area contributed by atoms with Gasteiger partial charge in [-0.25, -0.2) is 0 Å². The Morgan fingerprint density at radius 3 is 2.71 bits per heavy atom. The van der Waals surface area contributed by atoms with E-state index in [9.17, 15) is 14.5 Å². The third-order valence-electron chi connectivity index (χ3n) is 1.84. The quantitative estimate of drug-likeness (QED) is 0.575. The van der Waals surface area contributed by atoms with Gasteiger partial charge in [0.1, 0.15) is 5.02 Å². The van der Waals surface area contributed by atoms with Gasteiger partial charge in [-0.05, 0) is 11.6 Å². The van der Waals surface area contributed by atoms with Gasteiger partial charge >= 0.3 is 0 Å². The molecule has 0 aliphatic heterocycles. The fourth-order valence-corrected chi connectivity index (χ4v) is 1.25. The molecule has 5 heteroatoms. The van der Waals surface area contributed by atoms with Crippen LogP contribution in [0.4, 0.5) is 10.1 Å². The van der Waals surface area contributed by atoms with Crippen molar-refractivity contribution >= 4 is 17.3 Å². The van der Waals surface area contributed by atoms with Crippen LogP contribution in [0.2, 0.25) is 5.02 Å². The second-order valence-electron chi connectivity index (χ2n) is 2.84. The van der Waals surface area contributed by atoms with Crippen LogP contribution in [0.1, 0.15) is 12.5 Å². The van der Waals surface area contributed by atoms with E-state index < -0.39 is 11.6 Å². The van der Waals surface area contributed by atoms with Crippen molar-refractivity contribution in [3.8, 4) is 0 Å². The summed E-state index contributed by atoms with van der Waals surface area (Å²) in [6, 6.07) is 4.16. The number of nitrogens with zero attached hydrogens (tertiary/aromatic N) is 1. The van der Waals surface area contributed by atoms with E-state index in [1.165, 1.54) is 18.2 Å². The smallest absolute Gasteiger partial charge is 0.258 e. The van der Waals surface area contributed by atoms with Crippen molar-refractivity contribution < 1.29 is 9.31 Å². The lowest BCUT2D eigenvalue weighted by Gasteiger charge is -2.06. The Hall–Kier alpha value is -1.16. The second-order valence-corrected chi connectivity index (χ2v) is 3.24. The van der Waals surface area contributed by atoms with Gasteiger partial charge in [0.2, 0.25) is 0 Å². The average Bonchev–Trinajstić information content (AvgIpc) is 2.15. The zero-order valence-electron chi connectivity index (χ0n) is 7.46. The minimum atomic E-state index is -0.589. The zero-order chi connectivity index (χ0) is 10.7. The number of benzene rings is 1. The van der Waals surface area contributed by atoms with Crippen LogP contribution in [0, 0.1) is 16.0 Å². The number of halogens is 2. The monoisotopic (exact) mass is 216 g/mol. The molecule has 0 aliphatic rings. The molecule has 0 aromatic heterocycles.